The third-order valence-electron chi connectivity index (χ3n) is 4.54. The first kappa shape index (κ1) is 21.5. The Kier molecular flexibility index (Phi) is 8.04. The molecule has 1 heterocycles. The van der Waals surface area contributed by atoms with Crippen molar-refractivity contribution in [1.29, 1.82) is 0 Å². The molecule has 2 aromatic rings. The molecule has 7 nitrogen and oxygen atoms in total. The van der Waals surface area contributed by atoms with Gasteiger partial charge in [-0.05, 0) is 30.0 Å². The first-order valence-electron chi connectivity index (χ1n) is 9.72. The molecule has 28 heavy (non-hydrogen) atoms. The molecule has 0 saturated carbocycles. The number of amides is 1. The minimum Gasteiger partial charge on any atom is -0.359 e. The molecular formula is C21H31N5O2. The fourth-order valence-electron chi connectivity index (χ4n) is 2.47. The number of nitrogens with zero attached hydrogens (tertiary/aromatic N) is 2. The van der Waals surface area contributed by atoms with Gasteiger partial charge in [0.1, 0.15) is 0 Å². The molecule has 1 atom stereocenters. The Labute approximate surface area is 167 Å². The maximum atomic E-state index is 12.1. The van der Waals surface area contributed by atoms with Crippen LogP contribution in [-0.2, 0) is 17.9 Å². The predicted molar refractivity (Wildman–Crippen MR) is 112 cm³/mol. The zero-order valence-corrected chi connectivity index (χ0v) is 17.4. The normalized spacial score (nSPS) is 12.7. The number of aliphatic imine (C=N–C) groups is 1. The van der Waals surface area contributed by atoms with Gasteiger partial charge in [-0.25, -0.2) is 0 Å². The summed E-state index contributed by atoms with van der Waals surface area (Å²) in [6.45, 7) is 9.18. The fraction of sp³-hybridized carbons (Fsp3) is 0.476. The lowest BCUT2D eigenvalue weighted by Crippen LogP contribution is -2.36. The van der Waals surface area contributed by atoms with Crippen molar-refractivity contribution < 1.29 is 9.32 Å². The number of hydrogen-bond donors (Lipinski definition) is 3. The van der Waals surface area contributed by atoms with Crippen molar-refractivity contribution >= 4 is 17.6 Å². The largest absolute Gasteiger partial charge is 0.359 e. The summed E-state index contributed by atoms with van der Waals surface area (Å²) < 4.78 is 5.33. The first-order valence-corrected chi connectivity index (χ1v) is 9.72. The second kappa shape index (κ2) is 10.5. The average molecular weight is 386 g/mol. The minimum absolute atomic E-state index is 0.00268. The number of hydrogen-bond acceptors (Lipinski definition) is 4. The van der Waals surface area contributed by atoms with E-state index < -0.39 is 0 Å². The van der Waals surface area contributed by atoms with Crippen molar-refractivity contribution in [2.24, 2.45) is 10.9 Å². The van der Waals surface area contributed by atoms with Crippen LogP contribution in [0.1, 0.15) is 57.1 Å². The lowest BCUT2D eigenvalue weighted by Gasteiger charge is -2.13. The van der Waals surface area contributed by atoms with E-state index in [2.05, 4.69) is 39.9 Å². The second-order valence-electron chi connectivity index (χ2n) is 7.15. The van der Waals surface area contributed by atoms with Crippen LogP contribution in [0.25, 0.3) is 0 Å². The summed E-state index contributed by atoms with van der Waals surface area (Å²) >= 11 is 0. The SMILES string of the molecule is CCC(C)C(=O)Nc1cccc(CNC(=NC)NCc2cc(C(C)C)no2)c1. The quantitative estimate of drug-likeness (QED) is 0.477. The summed E-state index contributed by atoms with van der Waals surface area (Å²) in [5.74, 6) is 1.80. The summed E-state index contributed by atoms with van der Waals surface area (Å²) in [4.78, 5) is 16.3. The van der Waals surface area contributed by atoms with Crippen LogP contribution in [0.15, 0.2) is 39.8 Å². The van der Waals surface area contributed by atoms with E-state index >= 15 is 0 Å². The van der Waals surface area contributed by atoms with Crippen molar-refractivity contribution in [3.05, 3.63) is 47.3 Å². The van der Waals surface area contributed by atoms with Gasteiger partial charge in [0.25, 0.3) is 0 Å². The second-order valence-corrected chi connectivity index (χ2v) is 7.15. The van der Waals surface area contributed by atoms with E-state index in [9.17, 15) is 4.79 Å². The summed E-state index contributed by atoms with van der Waals surface area (Å²) in [6.07, 6.45) is 0.818. The molecule has 2 rings (SSSR count). The third-order valence-corrected chi connectivity index (χ3v) is 4.54. The van der Waals surface area contributed by atoms with Crippen LogP contribution in [0.5, 0.6) is 0 Å². The number of aromatic nitrogens is 1. The van der Waals surface area contributed by atoms with Crippen molar-refractivity contribution in [3.8, 4) is 0 Å². The first-order chi connectivity index (χ1) is 13.4. The van der Waals surface area contributed by atoms with Gasteiger partial charge < -0.3 is 20.5 Å². The lowest BCUT2D eigenvalue weighted by atomic mass is 10.1. The van der Waals surface area contributed by atoms with E-state index in [-0.39, 0.29) is 11.8 Å². The fourth-order valence-corrected chi connectivity index (χ4v) is 2.47. The summed E-state index contributed by atoms with van der Waals surface area (Å²) in [5.41, 5.74) is 2.79. The van der Waals surface area contributed by atoms with Gasteiger partial charge in [-0.1, -0.05) is 45.0 Å². The van der Waals surface area contributed by atoms with Crippen LogP contribution >= 0.6 is 0 Å². The summed E-state index contributed by atoms with van der Waals surface area (Å²) in [6, 6.07) is 9.75. The van der Waals surface area contributed by atoms with Gasteiger partial charge in [0, 0.05) is 31.3 Å². The van der Waals surface area contributed by atoms with Gasteiger partial charge in [0.15, 0.2) is 11.7 Å². The summed E-state index contributed by atoms with van der Waals surface area (Å²) in [5, 5.41) is 13.5. The highest BCUT2D eigenvalue weighted by molar-refractivity contribution is 5.92. The molecule has 0 aliphatic rings. The molecule has 1 aromatic carbocycles. The number of nitrogens with one attached hydrogen (secondary N) is 3. The molecule has 1 aromatic heterocycles. The van der Waals surface area contributed by atoms with Crippen LogP contribution in [-0.4, -0.2) is 24.1 Å². The highest BCUT2D eigenvalue weighted by Gasteiger charge is 2.11. The molecule has 0 spiro atoms. The van der Waals surface area contributed by atoms with Crippen molar-refractivity contribution in [3.63, 3.8) is 0 Å². The smallest absolute Gasteiger partial charge is 0.227 e. The predicted octanol–water partition coefficient (Wildman–Crippen LogP) is 3.65. The molecule has 0 aliphatic carbocycles. The molecular weight excluding hydrogens is 354 g/mol. The van der Waals surface area contributed by atoms with Crippen LogP contribution in [0.2, 0.25) is 0 Å². The number of benzene rings is 1. The van der Waals surface area contributed by atoms with Crippen LogP contribution in [0, 0.1) is 5.92 Å². The average Bonchev–Trinajstić information content (AvgIpc) is 3.17. The standard InChI is InChI=1S/C21H31N5O2/c1-6-15(4)20(27)25-17-9-7-8-16(10-17)12-23-21(22-5)24-13-18-11-19(14(2)3)26-28-18/h7-11,14-15H,6,12-13H2,1-5H3,(H,25,27)(H2,22,23,24). The molecule has 3 N–H and O–H groups in total. The topological polar surface area (TPSA) is 91.5 Å². The maximum Gasteiger partial charge on any atom is 0.227 e. The van der Waals surface area contributed by atoms with E-state index in [0.717, 1.165) is 29.1 Å². The minimum atomic E-state index is -0.00268. The van der Waals surface area contributed by atoms with Crippen molar-refractivity contribution in [1.82, 2.24) is 15.8 Å². The Hall–Kier alpha value is -2.83. The van der Waals surface area contributed by atoms with Gasteiger partial charge in [-0.3, -0.25) is 9.79 Å². The number of rotatable bonds is 8. The highest BCUT2D eigenvalue weighted by Crippen LogP contribution is 2.14. The summed E-state index contributed by atoms with van der Waals surface area (Å²) in [7, 11) is 1.72. The van der Waals surface area contributed by atoms with E-state index in [1.54, 1.807) is 7.05 Å². The van der Waals surface area contributed by atoms with Crippen molar-refractivity contribution in [2.45, 2.75) is 53.1 Å². The highest BCUT2D eigenvalue weighted by atomic mass is 16.5. The third kappa shape index (κ3) is 6.40. The van der Waals surface area contributed by atoms with E-state index in [1.165, 1.54) is 0 Å². The van der Waals surface area contributed by atoms with Gasteiger partial charge >= 0.3 is 0 Å². The van der Waals surface area contributed by atoms with Crippen LogP contribution < -0.4 is 16.0 Å². The molecule has 0 fully saturated rings. The molecule has 152 valence electrons. The molecule has 7 heteroatoms. The number of carbonyl (C=O) groups is 1. The van der Waals surface area contributed by atoms with Gasteiger partial charge in [-0.2, -0.15) is 0 Å². The zero-order valence-electron chi connectivity index (χ0n) is 17.4. The number of guanidine groups is 1. The monoisotopic (exact) mass is 385 g/mol. The van der Waals surface area contributed by atoms with E-state index in [4.69, 9.17) is 4.52 Å². The lowest BCUT2D eigenvalue weighted by molar-refractivity contribution is -0.119. The number of anilines is 1. The Morgan fingerprint density at radius 3 is 2.57 bits per heavy atom. The van der Waals surface area contributed by atoms with Crippen LogP contribution in [0.4, 0.5) is 5.69 Å². The molecule has 0 aliphatic heterocycles. The Balaban J connectivity index is 1.87. The molecule has 1 unspecified atom stereocenters. The van der Waals surface area contributed by atoms with Crippen molar-refractivity contribution in [2.75, 3.05) is 12.4 Å². The molecule has 0 saturated heterocycles. The van der Waals surface area contributed by atoms with Gasteiger partial charge in [-0.15, -0.1) is 0 Å². The number of carbonyl (C=O) groups excluding carboxylic acids is 1. The van der Waals surface area contributed by atoms with E-state index in [0.29, 0.717) is 25.0 Å². The maximum absolute atomic E-state index is 12.1. The Morgan fingerprint density at radius 1 is 1.18 bits per heavy atom. The molecule has 1 amide bonds. The Bertz CT molecular complexity index is 798. The molecule has 0 radical (unpaired) electrons. The zero-order chi connectivity index (χ0) is 20.5. The Morgan fingerprint density at radius 2 is 1.93 bits per heavy atom. The van der Waals surface area contributed by atoms with E-state index in [1.807, 2.05) is 44.2 Å². The molecule has 0 bridgehead atoms. The van der Waals surface area contributed by atoms with Gasteiger partial charge in [0.2, 0.25) is 5.91 Å². The van der Waals surface area contributed by atoms with Gasteiger partial charge in [0.05, 0.1) is 12.2 Å². The van der Waals surface area contributed by atoms with Crippen LogP contribution in [0.3, 0.4) is 0 Å².